The van der Waals surface area contributed by atoms with Crippen LogP contribution < -0.4 is 4.74 Å². The number of hydrogen-bond acceptors (Lipinski definition) is 2. The predicted octanol–water partition coefficient (Wildman–Crippen LogP) is 4.64. The third-order valence-electron chi connectivity index (χ3n) is 3.36. The van der Waals surface area contributed by atoms with Crippen molar-refractivity contribution in [3.63, 3.8) is 0 Å². The zero-order valence-corrected chi connectivity index (χ0v) is 12.6. The molecule has 5 heteroatoms. The number of halogens is 1. The zero-order valence-electron chi connectivity index (χ0n) is 11.8. The van der Waals surface area contributed by atoms with Crippen molar-refractivity contribution in [2.24, 2.45) is 0 Å². The molecule has 2 aromatic heterocycles. The van der Waals surface area contributed by atoms with Crippen molar-refractivity contribution >= 4 is 34.3 Å². The molecule has 2 heterocycles. The number of nitrogens with one attached hydrogen (secondary N) is 1. The summed E-state index contributed by atoms with van der Waals surface area (Å²) in [5.74, 6) is 0.675. The van der Waals surface area contributed by atoms with Crippen molar-refractivity contribution in [1.29, 1.82) is 0 Å². The van der Waals surface area contributed by atoms with Crippen LogP contribution in [0, 0.1) is 6.57 Å². The third kappa shape index (κ3) is 2.54. The molecule has 0 aliphatic carbocycles. The highest BCUT2D eigenvalue weighted by atomic mass is 35.5. The first-order valence-corrected chi connectivity index (χ1v) is 6.95. The van der Waals surface area contributed by atoms with Gasteiger partial charge in [0.2, 0.25) is 0 Å². The standard InChI is InChI=1S/C17H12ClN3O/c1-19-16(7-11-9-20-6-5-17(11)22-2)14-10-21-15-4-3-12(18)8-13(14)15/h3-10,21H,2H3/b16-7+. The van der Waals surface area contributed by atoms with Crippen molar-refractivity contribution in [3.8, 4) is 5.75 Å². The summed E-state index contributed by atoms with van der Waals surface area (Å²) < 4.78 is 5.30. The van der Waals surface area contributed by atoms with Gasteiger partial charge in [0.1, 0.15) is 5.75 Å². The summed E-state index contributed by atoms with van der Waals surface area (Å²) in [6.45, 7) is 7.49. The van der Waals surface area contributed by atoms with E-state index in [1.54, 1.807) is 31.6 Å². The summed E-state index contributed by atoms with van der Waals surface area (Å²) in [4.78, 5) is 10.9. The van der Waals surface area contributed by atoms with E-state index in [1.807, 2.05) is 24.4 Å². The molecule has 0 bridgehead atoms. The molecule has 0 saturated carbocycles. The van der Waals surface area contributed by atoms with Gasteiger partial charge in [-0.1, -0.05) is 11.6 Å². The van der Waals surface area contributed by atoms with Gasteiger partial charge in [0.05, 0.1) is 13.7 Å². The van der Waals surface area contributed by atoms with E-state index in [0.717, 1.165) is 22.0 Å². The number of fused-ring (bicyclic) bond motifs is 1. The second-order valence-corrected chi connectivity index (χ2v) is 5.09. The molecule has 0 aliphatic heterocycles. The number of benzene rings is 1. The molecule has 3 aromatic rings. The number of rotatable bonds is 3. The SMILES string of the molecule is [C-]#[N+]/C(=C/c1cnccc1OC)c1c[nH]c2ccc(Cl)cc12. The van der Waals surface area contributed by atoms with E-state index in [9.17, 15) is 0 Å². The molecule has 0 aliphatic rings. The summed E-state index contributed by atoms with van der Waals surface area (Å²) in [5.41, 5.74) is 3.00. The Kier molecular flexibility index (Phi) is 3.82. The maximum atomic E-state index is 7.49. The van der Waals surface area contributed by atoms with Crippen LogP contribution in [0.5, 0.6) is 5.75 Å². The topological polar surface area (TPSA) is 42.3 Å². The number of methoxy groups -OCH3 is 1. The molecular formula is C17H12ClN3O. The Balaban J connectivity index is 2.16. The summed E-state index contributed by atoms with van der Waals surface area (Å²) in [6.07, 6.45) is 6.90. The lowest BCUT2D eigenvalue weighted by Gasteiger charge is -2.04. The molecule has 1 aromatic carbocycles. The lowest BCUT2D eigenvalue weighted by molar-refractivity contribution is 0.413. The Labute approximate surface area is 132 Å². The number of H-pyrrole nitrogens is 1. The summed E-state index contributed by atoms with van der Waals surface area (Å²) in [7, 11) is 1.59. The Morgan fingerprint density at radius 1 is 1.41 bits per heavy atom. The number of pyridine rings is 1. The van der Waals surface area contributed by atoms with E-state index in [0.29, 0.717) is 16.5 Å². The van der Waals surface area contributed by atoms with E-state index >= 15 is 0 Å². The zero-order chi connectivity index (χ0) is 15.5. The Morgan fingerprint density at radius 2 is 2.27 bits per heavy atom. The minimum Gasteiger partial charge on any atom is -0.496 e. The van der Waals surface area contributed by atoms with Crippen molar-refractivity contribution in [1.82, 2.24) is 9.97 Å². The number of nitrogens with zero attached hydrogens (tertiary/aromatic N) is 2. The average molecular weight is 310 g/mol. The van der Waals surface area contributed by atoms with E-state index in [2.05, 4.69) is 14.8 Å². The first-order valence-electron chi connectivity index (χ1n) is 6.57. The second-order valence-electron chi connectivity index (χ2n) is 4.65. The Bertz CT molecular complexity index is 906. The Hall–Kier alpha value is -2.77. The minimum atomic E-state index is 0.500. The van der Waals surface area contributed by atoms with E-state index in [-0.39, 0.29) is 0 Å². The summed E-state index contributed by atoms with van der Waals surface area (Å²) in [6, 6.07) is 7.32. The summed E-state index contributed by atoms with van der Waals surface area (Å²) in [5, 5.41) is 1.55. The molecule has 108 valence electrons. The van der Waals surface area contributed by atoms with Crippen molar-refractivity contribution in [2.75, 3.05) is 7.11 Å². The van der Waals surface area contributed by atoms with Crippen LogP contribution in [0.1, 0.15) is 11.1 Å². The van der Waals surface area contributed by atoms with E-state index < -0.39 is 0 Å². The maximum absolute atomic E-state index is 7.49. The molecule has 0 fully saturated rings. The smallest absolute Gasteiger partial charge is 0.197 e. The molecule has 0 radical (unpaired) electrons. The minimum absolute atomic E-state index is 0.500. The fourth-order valence-corrected chi connectivity index (χ4v) is 2.48. The van der Waals surface area contributed by atoms with Gasteiger partial charge in [-0.15, -0.1) is 0 Å². The number of aromatic amines is 1. The highest BCUT2D eigenvalue weighted by Gasteiger charge is 2.11. The molecule has 22 heavy (non-hydrogen) atoms. The van der Waals surface area contributed by atoms with Crippen LogP contribution in [0.4, 0.5) is 0 Å². The molecule has 0 unspecified atom stereocenters. The molecule has 0 amide bonds. The van der Waals surface area contributed by atoms with Gasteiger partial charge in [-0.25, -0.2) is 4.85 Å². The van der Waals surface area contributed by atoms with Gasteiger partial charge in [-0.05, 0) is 41.9 Å². The quantitative estimate of drug-likeness (QED) is 0.716. The summed E-state index contributed by atoms with van der Waals surface area (Å²) >= 11 is 6.06. The van der Waals surface area contributed by atoms with Gasteiger partial charge in [0.25, 0.3) is 0 Å². The maximum Gasteiger partial charge on any atom is 0.197 e. The molecule has 0 saturated heterocycles. The van der Waals surface area contributed by atoms with Gasteiger partial charge in [0, 0.05) is 34.1 Å². The molecular weight excluding hydrogens is 298 g/mol. The van der Waals surface area contributed by atoms with Crippen molar-refractivity contribution < 1.29 is 4.74 Å². The third-order valence-corrected chi connectivity index (χ3v) is 3.60. The van der Waals surface area contributed by atoms with Crippen LogP contribution >= 0.6 is 11.6 Å². The molecule has 0 atom stereocenters. The molecule has 1 N–H and O–H groups in total. The fraction of sp³-hybridized carbons (Fsp3) is 0.0588. The number of aromatic nitrogens is 2. The van der Waals surface area contributed by atoms with Crippen LogP contribution in [0.25, 0.3) is 27.5 Å². The van der Waals surface area contributed by atoms with Crippen molar-refractivity contribution in [3.05, 3.63) is 70.4 Å². The lowest BCUT2D eigenvalue weighted by Crippen LogP contribution is -1.88. The van der Waals surface area contributed by atoms with E-state index in [4.69, 9.17) is 22.9 Å². The second kappa shape index (κ2) is 5.92. The average Bonchev–Trinajstić information content (AvgIpc) is 2.95. The first-order chi connectivity index (χ1) is 10.7. The van der Waals surface area contributed by atoms with Crippen LogP contribution in [-0.2, 0) is 0 Å². The molecule has 4 nitrogen and oxygen atoms in total. The van der Waals surface area contributed by atoms with Gasteiger partial charge in [-0.3, -0.25) is 4.98 Å². The van der Waals surface area contributed by atoms with Crippen LogP contribution in [0.3, 0.4) is 0 Å². The van der Waals surface area contributed by atoms with Crippen molar-refractivity contribution in [2.45, 2.75) is 0 Å². The predicted molar refractivity (Wildman–Crippen MR) is 88.6 cm³/mol. The largest absolute Gasteiger partial charge is 0.496 e. The molecule has 0 spiro atoms. The van der Waals surface area contributed by atoms with Gasteiger partial charge in [0.15, 0.2) is 5.70 Å². The normalized spacial score (nSPS) is 11.4. The van der Waals surface area contributed by atoms with E-state index in [1.165, 1.54) is 0 Å². The van der Waals surface area contributed by atoms with Gasteiger partial charge in [-0.2, -0.15) is 0 Å². The first kappa shape index (κ1) is 14.2. The highest BCUT2D eigenvalue weighted by Crippen LogP contribution is 2.31. The number of ether oxygens (including phenoxy) is 1. The van der Waals surface area contributed by atoms with Gasteiger partial charge >= 0.3 is 0 Å². The van der Waals surface area contributed by atoms with Gasteiger partial charge < -0.3 is 9.72 Å². The number of hydrogen-bond donors (Lipinski definition) is 1. The van der Waals surface area contributed by atoms with Crippen LogP contribution in [0.2, 0.25) is 5.02 Å². The van der Waals surface area contributed by atoms with Crippen LogP contribution in [0.15, 0.2) is 42.9 Å². The monoisotopic (exact) mass is 309 g/mol. The molecule has 3 rings (SSSR count). The lowest BCUT2D eigenvalue weighted by atomic mass is 10.1. The highest BCUT2D eigenvalue weighted by molar-refractivity contribution is 6.31. The van der Waals surface area contributed by atoms with Crippen LogP contribution in [-0.4, -0.2) is 17.1 Å². The Morgan fingerprint density at radius 3 is 3.05 bits per heavy atom. The fourth-order valence-electron chi connectivity index (χ4n) is 2.31.